The van der Waals surface area contributed by atoms with Crippen LogP contribution in [-0.2, 0) is 0 Å². The van der Waals surface area contributed by atoms with E-state index in [1.807, 2.05) is 31.2 Å². The largest absolute Gasteiger partial charge is 0.493 e. The molecule has 0 saturated carbocycles. The van der Waals surface area contributed by atoms with Gasteiger partial charge in [0.1, 0.15) is 23.9 Å². The van der Waals surface area contributed by atoms with Crippen molar-refractivity contribution in [2.75, 3.05) is 13.2 Å². The molecule has 18 heavy (non-hydrogen) atoms. The summed E-state index contributed by atoms with van der Waals surface area (Å²) in [7, 11) is 0. The molecule has 0 aliphatic carbocycles. The second-order valence-electron chi connectivity index (χ2n) is 4.10. The Balaban J connectivity index is 1.99. The molecule has 0 radical (unpaired) electrons. The van der Waals surface area contributed by atoms with E-state index in [0.717, 1.165) is 11.5 Å². The maximum absolute atomic E-state index is 9.36. The zero-order valence-corrected chi connectivity index (χ0v) is 10.9. The molecule has 0 aliphatic rings. The fourth-order valence-corrected chi connectivity index (χ4v) is 1.83. The summed E-state index contributed by atoms with van der Waals surface area (Å²) < 4.78 is 11.1. The zero-order chi connectivity index (χ0) is 13.0. The predicted molar refractivity (Wildman–Crippen MR) is 70.2 cm³/mol. The number of hydrogen-bond donors (Lipinski definition) is 1. The van der Waals surface area contributed by atoms with Gasteiger partial charge >= 0.3 is 0 Å². The van der Waals surface area contributed by atoms with Gasteiger partial charge in [-0.3, -0.25) is 0 Å². The smallest absolute Gasteiger partial charge is 0.120 e. The van der Waals surface area contributed by atoms with E-state index >= 15 is 0 Å². The second kappa shape index (κ2) is 5.94. The van der Waals surface area contributed by atoms with Crippen LogP contribution in [0.5, 0.6) is 5.75 Å². The fraction of sp³-hybridized carbons (Fsp3) is 0.286. The van der Waals surface area contributed by atoms with Crippen molar-refractivity contribution in [3.05, 3.63) is 52.9 Å². The molecule has 3 nitrogen and oxygen atoms in total. The van der Waals surface area contributed by atoms with Crippen molar-refractivity contribution >= 4 is 11.6 Å². The molecule has 96 valence electrons. The molecule has 1 atom stereocenters. The van der Waals surface area contributed by atoms with Crippen LogP contribution in [0.4, 0.5) is 0 Å². The Morgan fingerprint density at radius 1 is 1.33 bits per heavy atom. The van der Waals surface area contributed by atoms with E-state index in [4.69, 9.17) is 20.8 Å². The monoisotopic (exact) mass is 266 g/mol. The first kappa shape index (κ1) is 13.0. The molecular formula is C14H15ClO3. The summed E-state index contributed by atoms with van der Waals surface area (Å²) in [6, 6.07) is 10.9. The SMILES string of the molecule is Cc1ccc(C(CO)COc2cccc(Cl)c2)o1. The van der Waals surface area contributed by atoms with Gasteiger partial charge < -0.3 is 14.3 Å². The van der Waals surface area contributed by atoms with Crippen LogP contribution in [0.2, 0.25) is 5.02 Å². The third kappa shape index (κ3) is 3.28. The van der Waals surface area contributed by atoms with Gasteiger partial charge in [-0.1, -0.05) is 17.7 Å². The number of aryl methyl sites for hydroxylation is 1. The van der Waals surface area contributed by atoms with Crippen LogP contribution in [-0.4, -0.2) is 18.3 Å². The van der Waals surface area contributed by atoms with Gasteiger partial charge in [0.15, 0.2) is 0 Å². The van der Waals surface area contributed by atoms with E-state index in [9.17, 15) is 5.11 Å². The van der Waals surface area contributed by atoms with Crippen molar-refractivity contribution in [3.8, 4) is 5.75 Å². The summed E-state index contributed by atoms with van der Waals surface area (Å²) in [6.07, 6.45) is 0. The predicted octanol–water partition coefficient (Wildman–Crippen LogP) is 3.40. The summed E-state index contributed by atoms with van der Waals surface area (Å²) in [4.78, 5) is 0. The molecule has 1 aromatic heterocycles. The minimum absolute atomic E-state index is 0.0203. The highest BCUT2D eigenvalue weighted by Crippen LogP contribution is 2.22. The molecule has 0 aliphatic heterocycles. The molecule has 4 heteroatoms. The normalized spacial score (nSPS) is 12.4. The van der Waals surface area contributed by atoms with Crippen LogP contribution >= 0.6 is 11.6 Å². The maximum atomic E-state index is 9.36. The van der Waals surface area contributed by atoms with E-state index in [-0.39, 0.29) is 12.5 Å². The van der Waals surface area contributed by atoms with Crippen molar-refractivity contribution in [3.63, 3.8) is 0 Å². The molecule has 0 spiro atoms. The summed E-state index contributed by atoms with van der Waals surface area (Å²) in [5.74, 6) is 2.07. The van der Waals surface area contributed by atoms with Crippen molar-refractivity contribution < 1.29 is 14.3 Å². The highest BCUT2D eigenvalue weighted by molar-refractivity contribution is 6.30. The van der Waals surface area contributed by atoms with Gasteiger partial charge in [0.05, 0.1) is 12.5 Å². The zero-order valence-electron chi connectivity index (χ0n) is 10.1. The number of furan rings is 1. The van der Waals surface area contributed by atoms with Gasteiger partial charge in [-0.2, -0.15) is 0 Å². The van der Waals surface area contributed by atoms with E-state index in [2.05, 4.69) is 0 Å². The Kier molecular flexibility index (Phi) is 4.28. The minimum atomic E-state index is -0.169. The standard InChI is InChI=1S/C14H15ClO3/c1-10-5-6-14(18-10)11(8-16)9-17-13-4-2-3-12(15)7-13/h2-7,11,16H,8-9H2,1H3. The highest BCUT2D eigenvalue weighted by atomic mass is 35.5. The van der Waals surface area contributed by atoms with Gasteiger partial charge in [0.2, 0.25) is 0 Å². The average Bonchev–Trinajstić information content (AvgIpc) is 2.77. The first-order valence-electron chi connectivity index (χ1n) is 5.74. The number of halogens is 1. The molecule has 1 N–H and O–H groups in total. The molecular weight excluding hydrogens is 252 g/mol. The van der Waals surface area contributed by atoms with Gasteiger partial charge in [-0.15, -0.1) is 0 Å². The van der Waals surface area contributed by atoms with Crippen LogP contribution in [0.25, 0.3) is 0 Å². The summed E-state index contributed by atoms with van der Waals surface area (Å²) in [5.41, 5.74) is 0. The third-order valence-corrected chi connectivity index (χ3v) is 2.87. The van der Waals surface area contributed by atoms with Gasteiger partial charge in [0.25, 0.3) is 0 Å². The highest BCUT2D eigenvalue weighted by Gasteiger charge is 2.15. The molecule has 1 aromatic carbocycles. The summed E-state index contributed by atoms with van der Waals surface area (Å²) in [6.45, 7) is 2.20. The van der Waals surface area contributed by atoms with Crippen molar-refractivity contribution in [1.82, 2.24) is 0 Å². The first-order chi connectivity index (χ1) is 8.69. The van der Waals surface area contributed by atoms with E-state index < -0.39 is 0 Å². The summed E-state index contributed by atoms with van der Waals surface area (Å²) in [5, 5.41) is 9.98. The van der Waals surface area contributed by atoms with Gasteiger partial charge in [-0.25, -0.2) is 0 Å². The van der Waals surface area contributed by atoms with E-state index in [1.54, 1.807) is 12.1 Å². The Labute approximate surface area is 111 Å². The lowest BCUT2D eigenvalue weighted by molar-refractivity contribution is 0.189. The molecule has 1 unspecified atom stereocenters. The van der Waals surface area contributed by atoms with Crippen LogP contribution < -0.4 is 4.74 Å². The van der Waals surface area contributed by atoms with Crippen LogP contribution in [0.3, 0.4) is 0 Å². The fourth-order valence-electron chi connectivity index (χ4n) is 1.65. The van der Waals surface area contributed by atoms with Crippen LogP contribution in [0, 0.1) is 6.92 Å². The number of hydrogen-bond acceptors (Lipinski definition) is 3. The quantitative estimate of drug-likeness (QED) is 0.902. The number of aliphatic hydroxyl groups excluding tert-OH is 1. The number of benzene rings is 1. The molecule has 2 aromatic rings. The Morgan fingerprint density at radius 2 is 2.17 bits per heavy atom. The Bertz CT molecular complexity index is 507. The molecule has 1 heterocycles. The average molecular weight is 267 g/mol. The molecule has 0 amide bonds. The lowest BCUT2D eigenvalue weighted by atomic mass is 10.1. The lowest BCUT2D eigenvalue weighted by Crippen LogP contribution is -2.13. The first-order valence-corrected chi connectivity index (χ1v) is 6.12. The maximum Gasteiger partial charge on any atom is 0.120 e. The summed E-state index contributed by atoms with van der Waals surface area (Å²) >= 11 is 5.87. The molecule has 0 bridgehead atoms. The molecule has 0 saturated heterocycles. The van der Waals surface area contributed by atoms with Crippen molar-refractivity contribution in [2.45, 2.75) is 12.8 Å². The number of ether oxygens (including phenoxy) is 1. The van der Waals surface area contributed by atoms with Crippen molar-refractivity contribution in [2.24, 2.45) is 0 Å². The topological polar surface area (TPSA) is 42.6 Å². The van der Waals surface area contributed by atoms with E-state index in [0.29, 0.717) is 17.4 Å². The second-order valence-corrected chi connectivity index (χ2v) is 4.53. The number of aliphatic hydroxyl groups is 1. The van der Waals surface area contributed by atoms with Crippen molar-refractivity contribution in [1.29, 1.82) is 0 Å². The van der Waals surface area contributed by atoms with Gasteiger partial charge in [-0.05, 0) is 37.3 Å². The third-order valence-electron chi connectivity index (χ3n) is 2.63. The molecule has 0 fully saturated rings. The van der Waals surface area contributed by atoms with E-state index in [1.165, 1.54) is 0 Å². The van der Waals surface area contributed by atoms with Crippen LogP contribution in [0.1, 0.15) is 17.4 Å². The minimum Gasteiger partial charge on any atom is -0.493 e. The Hall–Kier alpha value is -1.45. The van der Waals surface area contributed by atoms with Crippen LogP contribution in [0.15, 0.2) is 40.8 Å². The number of rotatable bonds is 5. The molecule has 2 rings (SSSR count). The van der Waals surface area contributed by atoms with Gasteiger partial charge in [0, 0.05) is 5.02 Å². The lowest BCUT2D eigenvalue weighted by Gasteiger charge is -2.13. The Morgan fingerprint density at radius 3 is 2.78 bits per heavy atom.